The Bertz CT molecular complexity index is 891. The largest absolute Gasteiger partial charge is 0.410 e. The highest BCUT2D eigenvalue weighted by atomic mass is 17.0. The smallest absolute Gasteiger partial charge is 0.393 e. The number of aliphatic hydroxyl groups excluding tert-OH is 1. The fourth-order valence-electron chi connectivity index (χ4n) is 7.72. The molecule has 0 aromatic carbocycles. The predicted molar refractivity (Wildman–Crippen MR) is 117 cm³/mol. The van der Waals surface area contributed by atoms with E-state index in [9.17, 15) is 24.9 Å². The molecule has 8 atom stereocenters. The Hall–Kier alpha value is -1.42. The molecular weight excluding hydrogens is 428 g/mol. The van der Waals surface area contributed by atoms with Gasteiger partial charge in [-0.1, -0.05) is 32.4 Å². The summed E-state index contributed by atoms with van der Waals surface area (Å²) in [6.45, 7) is 5.24. The number of hydrogen-bond donors (Lipinski definition) is 3. The molecule has 0 saturated heterocycles. The van der Waals surface area contributed by atoms with Crippen molar-refractivity contribution < 1.29 is 39.1 Å². The third-order valence-corrected chi connectivity index (χ3v) is 9.40. The van der Waals surface area contributed by atoms with Crippen LogP contribution in [-0.4, -0.2) is 65.6 Å². The molecule has 0 radical (unpaired) electrons. The number of rotatable bonds is 6. The van der Waals surface area contributed by atoms with Gasteiger partial charge in [-0.2, -0.15) is 0 Å². The zero-order valence-electron chi connectivity index (χ0n) is 20.0. The SMILES string of the molecule is COC(O)(OC)OCC(=O)[C@@]1(O)[C@H](C)C[C@H]2[C@@H]3CCC4=CC(=O)C=C[C@]4(C)[C@H]3C(O)C[C@@]21C. The molecule has 0 bridgehead atoms. The summed E-state index contributed by atoms with van der Waals surface area (Å²) in [5, 5.41) is 33.4. The summed E-state index contributed by atoms with van der Waals surface area (Å²) >= 11 is 0. The van der Waals surface area contributed by atoms with Crippen molar-refractivity contribution in [1.29, 1.82) is 0 Å². The first-order valence-electron chi connectivity index (χ1n) is 11.7. The fourth-order valence-corrected chi connectivity index (χ4v) is 7.72. The molecule has 0 spiro atoms. The topological polar surface area (TPSA) is 123 Å². The Labute approximate surface area is 194 Å². The second-order valence-corrected chi connectivity index (χ2v) is 10.8. The van der Waals surface area contributed by atoms with Crippen molar-refractivity contribution in [1.82, 2.24) is 0 Å². The van der Waals surface area contributed by atoms with Gasteiger partial charge in [0, 0.05) is 31.0 Å². The van der Waals surface area contributed by atoms with Crippen LogP contribution >= 0.6 is 0 Å². The molecule has 33 heavy (non-hydrogen) atoms. The minimum absolute atomic E-state index is 0.0161. The maximum Gasteiger partial charge on any atom is 0.410 e. The van der Waals surface area contributed by atoms with Crippen LogP contribution in [0.4, 0.5) is 0 Å². The van der Waals surface area contributed by atoms with Crippen molar-refractivity contribution in [2.75, 3.05) is 20.8 Å². The number of hydrogen-bond acceptors (Lipinski definition) is 8. The number of aliphatic hydroxyl groups is 3. The number of Topliss-reactive ketones (excluding diaryl/α,β-unsaturated/α-hetero) is 1. The van der Waals surface area contributed by atoms with Crippen molar-refractivity contribution in [3.05, 3.63) is 23.8 Å². The Morgan fingerprint density at radius 3 is 2.58 bits per heavy atom. The van der Waals surface area contributed by atoms with E-state index in [2.05, 4.69) is 6.92 Å². The molecule has 0 aromatic rings. The molecule has 0 aliphatic heterocycles. The summed E-state index contributed by atoms with van der Waals surface area (Å²) in [4.78, 5) is 25.3. The van der Waals surface area contributed by atoms with Gasteiger partial charge in [-0.25, -0.2) is 0 Å². The fraction of sp³-hybridized carbons (Fsp3) is 0.760. The number of allylic oxidation sites excluding steroid dienone is 4. The van der Waals surface area contributed by atoms with Crippen molar-refractivity contribution in [2.24, 2.45) is 34.5 Å². The summed E-state index contributed by atoms with van der Waals surface area (Å²) in [5.74, 6) is -0.919. The molecular formula is C25H36O8. The average Bonchev–Trinajstić information content (AvgIpc) is 2.98. The van der Waals surface area contributed by atoms with Gasteiger partial charge in [0.05, 0.1) is 6.10 Å². The number of carbonyl (C=O) groups excluding carboxylic acids is 2. The minimum atomic E-state index is -2.38. The zero-order chi connectivity index (χ0) is 24.4. The molecule has 0 aromatic heterocycles. The summed E-state index contributed by atoms with van der Waals surface area (Å²) < 4.78 is 14.7. The van der Waals surface area contributed by atoms with Crippen LogP contribution in [-0.2, 0) is 23.8 Å². The van der Waals surface area contributed by atoms with Gasteiger partial charge in [-0.3, -0.25) is 14.3 Å². The third-order valence-electron chi connectivity index (χ3n) is 9.40. The van der Waals surface area contributed by atoms with Gasteiger partial charge in [0.2, 0.25) is 0 Å². The molecule has 3 saturated carbocycles. The van der Waals surface area contributed by atoms with E-state index in [4.69, 9.17) is 14.2 Å². The molecule has 184 valence electrons. The molecule has 4 rings (SSSR count). The van der Waals surface area contributed by atoms with Crippen LogP contribution in [0.3, 0.4) is 0 Å². The molecule has 1 unspecified atom stereocenters. The number of ketones is 2. The molecule has 8 nitrogen and oxygen atoms in total. The van der Waals surface area contributed by atoms with Crippen molar-refractivity contribution in [3.8, 4) is 0 Å². The molecule has 0 amide bonds. The summed E-state index contributed by atoms with van der Waals surface area (Å²) in [6.07, 6.45) is 4.56. The second kappa shape index (κ2) is 8.07. The Morgan fingerprint density at radius 1 is 1.27 bits per heavy atom. The lowest BCUT2D eigenvalue weighted by atomic mass is 9.46. The van der Waals surface area contributed by atoms with Crippen LogP contribution < -0.4 is 0 Å². The first kappa shape index (κ1) is 24.7. The van der Waals surface area contributed by atoms with E-state index < -0.39 is 41.1 Å². The highest BCUT2D eigenvalue weighted by Crippen LogP contribution is 2.68. The number of methoxy groups -OCH3 is 2. The summed E-state index contributed by atoms with van der Waals surface area (Å²) in [7, 11) is 2.35. The lowest BCUT2D eigenvalue weighted by molar-refractivity contribution is -0.469. The van der Waals surface area contributed by atoms with E-state index in [1.165, 1.54) is 14.2 Å². The number of ether oxygens (including phenoxy) is 3. The quantitative estimate of drug-likeness (QED) is 0.508. The van der Waals surface area contributed by atoms with Gasteiger partial charge >= 0.3 is 6.16 Å². The van der Waals surface area contributed by atoms with Gasteiger partial charge in [0.25, 0.3) is 0 Å². The van der Waals surface area contributed by atoms with Crippen LogP contribution in [0.1, 0.15) is 46.5 Å². The maximum absolute atomic E-state index is 13.4. The van der Waals surface area contributed by atoms with Crippen LogP contribution in [0.2, 0.25) is 0 Å². The second-order valence-electron chi connectivity index (χ2n) is 10.8. The van der Waals surface area contributed by atoms with Gasteiger partial charge in [0.1, 0.15) is 12.2 Å². The monoisotopic (exact) mass is 464 g/mol. The number of fused-ring (bicyclic) bond motifs is 5. The first-order chi connectivity index (χ1) is 15.4. The normalized spacial score (nSPS) is 44.7. The van der Waals surface area contributed by atoms with Gasteiger partial charge in [-0.05, 0) is 55.6 Å². The first-order valence-corrected chi connectivity index (χ1v) is 11.7. The van der Waals surface area contributed by atoms with Crippen molar-refractivity contribution in [2.45, 2.75) is 64.3 Å². The predicted octanol–water partition coefficient (Wildman–Crippen LogP) is 1.72. The van der Waals surface area contributed by atoms with Crippen LogP contribution in [0.15, 0.2) is 23.8 Å². The molecule has 0 heterocycles. The molecule has 8 heteroatoms. The molecule has 3 N–H and O–H groups in total. The van der Waals surface area contributed by atoms with Gasteiger partial charge in [-0.15, -0.1) is 0 Å². The van der Waals surface area contributed by atoms with Gasteiger partial charge < -0.3 is 24.8 Å². The van der Waals surface area contributed by atoms with E-state index in [1.54, 1.807) is 12.2 Å². The Morgan fingerprint density at radius 2 is 1.94 bits per heavy atom. The third kappa shape index (κ3) is 3.41. The lowest BCUT2D eigenvalue weighted by Gasteiger charge is -2.59. The molecule has 4 aliphatic rings. The summed E-state index contributed by atoms with van der Waals surface area (Å²) in [6, 6.07) is 0. The minimum Gasteiger partial charge on any atom is -0.393 e. The van der Waals surface area contributed by atoms with Crippen molar-refractivity contribution in [3.63, 3.8) is 0 Å². The van der Waals surface area contributed by atoms with Crippen LogP contribution in [0, 0.1) is 34.5 Å². The highest BCUT2D eigenvalue weighted by molar-refractivity contribution is 6.01. The summed E-state index contributed by atoms with van der Waals surface area (Å²) in [5.41, 5.74) is -1.95. The Kier molecular flexibility index (Phi) is 6.04. The van der Waals surface area contributed by atoms with E-state index in [-0.39, 0.29) is 35.9 Å². The van der Waals surface area contributed by atoms with E-state index in [0.29, 0.717) is 6.42 Å². The van der Waals surface area contributed by atoms with E-state index in [1.807, 2.05) is 19.9 Å². The van der Waals surface area contributed by atoms with E-state index >= 15 is 0 Å². The van der Waals surface area contributed by atoms with Crippen LogP contribution in [0.25, 0.3) is 0 Å². The Balaban J connectivity index is 1.65. The lowest BCUT2D eigenvalue weighted by Crippen LogP contribution is -2.63. The van der Waals surface area contributed by atoms with E-state index in [0.717, 1.165) is 18.4 Å². The van der Waals surface area contributed by atoms with Crippen LogP contribution in [0.5, 0.6) is 0 Å². The highest BCUT2D eigenvalue weighted by Gasteiger charge is 2.70. The molecule has 4 aliphatic carbocycles. The maximum atomic E-state index is 13.4. The standard InChI is InChI=1S/C25H36O8/c1-14-10-18-17-7-6-15-11-16(26)8-9-22(15,2)21(17)19(27)12-23(18,3)24(14,29)20(28)13-33-25(30,31-4)32-5/h8-9,11,14,17-19,21,27,29-30H,6-7,10,12-13H2,1-5H3/t14-,17+,18+,19?,21-,22+,23+,24+/m1/s1. The molecule has 3 fully saturated rings. The van der Waals surface area contributed by atoms with Gasteiger partial charge in [0.15, 0.2) is 11.6 Å². The number of carbonyl (C=O) groups is 2. The zero-order valence-corrected chi connectivity index (χ0v) is 20.0. The average molecular weight is 465 g/mol. The van der Waals surface area contributed by atoms with Crippen molar-refractivity contribution >= 4 is 11.6 Å².